The number of aryl methyl sites for hydroxylation is 2. The lowest BCUT2D eigenvalue weighted by molar-refractivity contribution is 0.394. The molecule has 0 aliphatic carbocycles. The summed E-state index contributed by atoms with van der Waals surface area (Å²) in [7, 11) is 3.27. The van der Waals surface area contributed by atoms with E-state index in [-0.39, 0.29) is 5.56 Å². The van der Waals surface area contributed by atoms with Crippen molar-refractivity contribution in [3.05, 3.63) is 50.4 Å². The van der Waals surface area contributed by atoms with E-state index in [1.807, 2.05) is 32.0 Å². The van der Waals surface area contributed by atoms with Gasteiger partial charge in [-0.1, -0.05) is 0 Å². The van der Waals surface area contributed by atoms with Crippen molar-refractivity contribution in [2.75, 3.05) is 14.2 Å². The number of aromatic nitrogens is 2. The second kappa shape index (κ2) is 6.29. The number of thiophene rings is 1. The molecule has 1 aliphatic rings. The molecule has 134 valence electrons. The molecule has 0 radical (unpaired) electrons. The molecule has 0 saturated heterocycles. The van der Waals surface area contributed by atoms with Crippen LogP contribution in [0, 0.1) is 13.8 Å². The third-order valence-electron chi connectivity index (χ3n) is 4.90. The molecule has 0 saturated carbocycles. The molecule has 5 nitrogen and oxygen atoms in total. The Hall–Kier alpha value is -2.60. The first kappa shape index (κ1) is 16.8. The molecule has 26 heavy (non-hydrogen) atoms. The molecule has 0 bridgehead atoms. The molecule has 1 aromatic carbocycles. The van der Waals surface area contributed by atoms with E-state index >= 15 is 0 Å². The zero-order valence-corrected chi connectivity index (χ0v) is 16.1. The monoisotopic (exact) mass is 368 g/mol. The Bertz CT molecular complexity index is 1090. The van der Waals surface area contributed by atoms with Gasteiger partial charge in [0.2, 0.25) is 0 Å². The van der Waals surface area contributed by atoms with E-state index in [0.717, 1.165) is 55.5 Å². The zero-order chi connectivity index (χ0) is 18.4. The highest BCUT2D eigenvalue weighted by Gasteiger charge is 2.23. The van der Waals surface area contributed by atoms with Crippen molar-refractivity contribution in [1.82, 2.24) is 9.55 Å². The van der Waals surface area contributed by atoms with Crippen LogP contribution in [-0.4, -0.2) is 23.8 Å². The van der Waals surface area contributed by atoms with Crippen LogP contribution in [0.2, 0.25) is 0 Å². The molecule has 3 aromatic rings. The van der Waals surface area contributed by atoms with Crippen LogP contribution in [0.3, 0.4) is 0 Å². The van der Waals surface area contributed by atoms with Crippen LogP contribution in [0.4, 0.5) is 0 Å². The molecule has 4 rings (SSSR count). The van der Waals surface area contributed by atoms with E-state index in [4.69, 9.17) is 14.5 Å². The maximum atomic E-state index is 12.9. The number of hydrogen-bond donors (Lipinski definition) is 0. The van der Waals surface area contributed by atoms with Gasteiger partial charge in [-0.3, -0.25) is 9.36 Å². The topological polar surface area (TPSA) is 53.4 Å². The minimum atomic E-state index is 0.0680. The molecule has 0 amide bonds. The lowest BCUT2D eigenvalue weighted by Gasteiger charge is -2.07. The maximum absolute atomic E-state index is 12.9. The number of ether oxygens (including phenoxy) is 2. The van der Waals surface area contributed by atoms with Crippen LogP contribution in [0.25, 0.3) is 21.9 Å². The van der Waals surface area contributed by atoms with Gasteiger partial charge in [0.15, 0.2) is 0 Å². The summed E-state index contributed by atoms with van der Waals surface area (Å²) >= 11 is 1.59. The molecule has 0 fully saturated rings. The fraction of sp³-hybridized carbons (Fsp3) is 0.300. The first-order valence-corrected chi connectivity index (χ1v) is 9.28. The fourth-order valence-electron chi connectivity index (χ4n) is 3.37. The van der Waals surface area contributed by atoms with Crippen LogP contribution in [0.1, 0.15) is 28.2 Å². The zero-order valence-electron chi connectivity index (χ0n) is 15.3. The van der Waals surface area contributed by atoms with E-state index in [9.17, 15) is 4.79 Å². The summed E-state index contributed by atoms with van der Waals surface area (Å²) in [4.78, 5) is 19.7. The summed E-state index contributed by atoms with van der Waals surface area (Å²) < 4.78 is 12.5. The van der Waals surface area contributed by atoms with Crippen LogP contribution in [0.15, 0.2) is 23.0 Å². The number of fused-ring (bicyclic) bond motifs is 2. The predicted molar refractivity (Wildman–Crippen MR) is 105 cm³/mol. The van der Waals surface area contributed by atoms with Crippen molar-refractivity contribution in [1.29, 1.82) is 0 Å². The third kappa shape index (κ3) is 2.61. The smallest absolute Gasteiger partial charge is 0.262 e. The highest BCUT2D eigenvalue weighted by Crippen LogP contribution is 2.33. The molecule has 0 unspecified atom stereocenters. The van der Waals surface area contributed by atoms with Crippen molar-refractivity contribution in [3.8, 4) is 11.5 Å². The SMILES string of the molecule is COc1cc(/C=C2\CCn3c2nc2sc(C)c(C)c2c3=O)cc(OC)c1. The Balaban J connectivity index is 1.87. The third-order valence-corrected chi connectivity index (χ3v) is 6.00. The molecular formula is C20H20N2O3S. The Morgan fingerprint density at radius 1 is 1.15 bits per heavy atom. The Morgan fingerprint density at radius 2 is 1.85 bits per heavy atom. The summed E-state index contributed by atoms with van der Waals surface area (Å²) in [5, 5.41) is 0.764. The van der Waals surface area contributed by atoms with E-state index in [2.05, 4.69) is 6.08 Å². The van der Waals surface area contributed by atoms with E-state index in [1.54, 1.807) is 30.1 Å². The number of nitrogens with zero attached hydrogens (tertiary/aromatic N) is 2. The van der Waals surface area contributed by atoms with Crippen LogP contribution >= 0.6 is 11.3 Å². The number of benzene rings is 1. The van der Waals surface area contributed by atoms with Crippen molar-refractivity contribution in [2.45, 2.75) is 26.8 Å². The fourth-order valence-corrected chi connectivity index (χ4v) is 4.39. The molecule has 1 aliphatic heterocycles. The largest absolute Gasteiger partial charge is 0.497 e. The lowest BCUT2D eigenvalue weighted by atomic mass is 10.1. The summed E-state index contributed by atoms with van der Waals surface area (Å²) in [5.41, 5.74) is 3.15. The van der Waals surface area contributed by atoms with Gasteiger partial charge in [0.1, 0.15) is 22.2 Å². The first-order chi connectivity index (χ1) is 12.5. The number of hydrogen-bond acceptors (Lipinski definition) is 5. The average molecular weight is 368 g/mol. The summed E-state index contributed by atoms with van der Waals surface area (Å²) in [5.74, 6) is 2.24. The standard InChI is InChI=1S/C20H20N2O3S/c1-11-12(2)26-19-17(11)20(23)22-6-5-14(18(22)21-19)7-13-8-15(24-3)10-16(9-13)25-4/h7-10H,5-6H2,1-4H3/b14-7+. The van der Waals surface area contributed by atoms with Gasteiger partial charge in [0.05, 0.1) is 19.6 Å². The van der Waals surface area contributed by atoms with Crippen molar-refractivity contribution < 1.29 is 9.47 Å². The minimum absolute atomic E-state index is 0.0680. The number of allylic oxidation sites excluding steroid dienone is 1. The maximum Gasteiger partial charge on any atom is 0.262 e. The molecule has 0 N–H and O–H groups in total. The van der Waals surface area contributed by atoms with E-state index in [1.165, 1.54) is 0 Å². The van der Waals surface area contributed by atoms with Gasteiger partial charge in [-0.15, -0.1) is 11.3 Å². The highest BCUT2D eigenvalue weighted by atomic mass is 32.1. The first-order valence-electron chi connectivity index (χ1n) is 8.46. The average Bonchev–Trinajstić information content (AvgIpc) is 3.16. The molecule has 0 atom stereocenters. The van der Waals surface area contributed by atoms with E-state index in [0.29, 0.717) is 6.54 Å². The highest BCUT2D eigenvalue weighted by molar-refractivity contribution is 7.18. The van der Waals surface area contributed by atoms with Crippen molar-refractivity contribution in [2.24, 2.45) is 0 Å². The summed E-state index contributed by atoms with van der Waals surface area (Å²) in [6, 6.07) is 5.75. The summed E-state index contributed by atoms with van der Waals surface area (Å²) in [6.45, 7) is 4.70. The Morgan fingerprint density at radius 3 is 2.50 bits per heavy atom. The Kier molecular flexibility index (Phi) is 4.07. The minimum Gasteiger partial charge on any atom is -0.497 e. The molecule has 0 spiro atoms. The second-order valence-electron chi connectivity index (χ2n) is 6.42. The van der Waals surface area contributed by atoms with Gasteiger partial charge < -0.3 is 9.47 Å². The van der Waals surface area contributed by atoms with Crippen molar-refractivity contribution in [3.63, 3.8) is 0 Å². The summed E-state index contributed by atoms with van der Waals surface area (Å²) in [6.07, 6.45) is 2.85. The lowest BCUT2D eigenvalue weighted by Crippen LogP contribution is -2.20. The second-order valence-corrected chi connectivity index (χ2v) is 7.62. The van der Waals surface area contributed by atoms with Gasteiger partial charge in [-0.2, -0.15) is 0 Å². The number of rotatable bonds is 3. The van der Waals surface area contributed by atoms with Crippen LogP contribution in [-0.2, 0) is 6.54 Å². The molecule has 2 aromatic heterocycles. The van der Waals surface area contributed by atoms with Gasteiger partial charge in [0.25, 0.3) is 5.56 Å². The van der Waals surface area contributed by atoms with Gasteiger partial charge in [-0.25, -0.2) is 4.98 Å². The predicted octanol–water partition coefficient (Wildman–Crippen LogP) is 4.04. The molecular weight excluding hydrogens is 348 g/mol. The quantitative estimate of drug-likeness (QED) is 0.700. The van der Waals surface area contributed by atoms with Gasteiger partial charge in [0, 0.05) is 17.5 Å². The van der Waals surface area contributed by atoms with Crippen LogP contribution < -0.4 is 15.0 Å². The van der Waals surface area contributed by atoms with Gasteiger partial charge in [-0.05, 0) is 55.2 Å². The number of methoxy groups -OCH3 is 2. The molecule has 3 heterocycles. The van der Waals surface area contributed by atoms with Crippen LogP contribution in [0.5, 0.6) is 11.5 Å². The van der Waals surface area contributed by atoms with Crippen molar-refractivity contribution >= 4 is 33.2 Å². The van der Waals surface area contributed by atoms with E-state index < -0.39 is 0 Å². The Labute approximate surface area is 155 Å². The molecule has 6 heteroatoms. The normalized spacial score (nSPS) is 14.8. The van der Waals surface area contributed by atoms with Gasteiger partial charge >= 0.3 is 0 Å².